The molecule has 0 saturated heterocycles. The van der Waals surface area contributed by atoms with Crippen LogP contribution in [0.15, 0.2) is 66.7 Å². The van der Waals surface area contributed by atoms with Crippen LogP contribution in [0.25, 0.3) is 0 Å². The molecule has 0 fully saturated rings. The Labute approximate surface area is 207 Å². The fourth-order valence-electron chi connectivity index (χ4n) is 3.70. The number of nitrogens with one attached hydrogen (secondary N) is 1. The Morgan fingerprint density at radius 3 is 2.23 bits per heavy atom. The van der Waals surface area contributed by atoms with E-state index in [1.54, 1.807) is 48.5 Å². The number of anilines is 1. The molecule has 8 heteroatoms. The van der Waals surface area contributed by atoms with Crippen LogP contribution in [0, 0.1) is 13.8 Å². The Morgan fingerprint density at radius 1 is 0.943 bits per heavy atom. The summed E-state index contributed by atoms with van der Waals surface area (Å²) in [5.74, 6) is 1.06. The molecule has 7 nitrogen and oxygen atoms in total. The van der Waals surface area contributed by atoms with Crippen LogP contribution < -0.4 is 19.1 Å². The molecular formula is C27H32N2O5S. The molecule has 186 valence electrons. The predicted octanol–water partition coefficient (Wildman–Crippen LogP) is 4.48. The maximum atomic E-state index is 12.5. The van der Waals surface area contributed by atoms with E-state index in [1.165, 1.54) is 4.31 Å². The lowest BCUT2D eigenvalue weighted by molar-refractivity contribution is 0.0947. The van der Waals surface area contributed by atoms with Crippen molar-refractivity contribution in [2.45, 2.75) is 27.3 Å². The van der Waals surface area contributed by atoms with Gasteiger partial charge in [-0.15, -0.1) is 0 Å². The summed E-state index contributed by atoms with van der Waals surface area (Å²) in [7, 11) is -3.57. The third kappa shape index (κ3) is 7.48. The quantitative estimate of drug-likeness (QED) is 0.396. The number of para-hydroxylation sites is 2. The van der Waals surface area contributed by atoms with Crippen LogP contribution in [-0.4, -0.2) is 40.3 Å². The summed E-state index contributed by atoms with van der Waals surface area (Å²) in [5.41, 5.74) is 3.96. The number of ether oxygens (including phenoxy) is 2. The van der Waals surface area contributed by atoms with Crippen LogP contribution in [0.1, 0.15) is 34.0 Å². The Balaban J connectivity index is 1.61. The van der Waals surface area contributed by atoms with E-state index in [9.17, 15) is 13.2 Å². The van der Waals surface area contributed by atoms with Gasteiger partial charge >= 0.3 is 0 Å². The van der Waals surface area contributed by atoms with Crippen molar-refractivity contribution >= 4 is 21.6 Å². The van der Waals surface area contributed by atoms with Gasteiger partial charge in [0.1, 0.15) is 18.1 Å². The van der Waals surface area contributed by atoms with Crippen LogP contribution in [0.2, 0.25) is 0 Å². The van der Waals surface area contributed by atoms with Crippen molar-refractivity contribution in [2.24, 2.45) is 0 Å². The maximum absolute atomic E-state index is 12.5. The average molecular weight is 497 g/mol. The van der Waals surface area contributed by atoms with Crippen LogP contribution in [0.3, 0.4) is 0 Å². The zero-order valence-corrected chi connectivity index (χ0v) is 21.4. The second kappa shape index (κ2) is 11.8. The highest BCUT2D eigenvalue weighted by molar-refractivity contribution is 7.92. The number of carbonyl (C=O) groups is 1. The predicted molar refractivity (Wildman–Crippen MR) is 139 cm³/mol. The molecule has 0 radical (unpaired) electrons. The Hall–Kier alpha value is -3.52. The second-order valence-corrected chi connectivity index (χ2v) is 10.2. The Bertz CT molecular complexity index is 1240. The first kappa shape index (κ1) is 26.1. The smallest absolute Gasteiger partial charge is 0.251 e. The number of carbonyl (C=O) groups excluding carboxylic acids is 1. The van der Waals surface area contributed by atoms with E-state index in [0.29, 0.717) is 36.8 Å². The van der Waals surface area contributed by atoms with Crippen LogP contribution in [-0.2, 0) is 16.6 Å². The summed E-state index contributed by atoms with van der Waals surface area (Å²) >= 11 is 0. The maximum Gasteiger partial charge on any atom is 0.251 e. The van der Waals surface area contributed by atoms with Gasteiger partial charge in [-0.2, -0.15) is 0 Å². The second-order valence-electron chi connectivity index (χ2n) is 8.30. The summed E-state index contributed by atoms with van der Waals surface area (Å²) < 4.78 is 37.7. The number of aryl methyl sites for hydroxylation is 2. The van der Waals surface area contributed by atoms with Gasteiger partial charge in [-0.25, -0.2) is 8.42 Å². The van der Waals surface area contributed by atoms with Crippen molar-refractivity contribution in [1.82, 2.24) is 5.32 Å². The molecule has 0 aliphatic heterocycles. The molecule has 0 bridgehead atoms. The minimum Gasteiger partial charge on any atom is -0.492 e. The minimum atomic E-state index is -3.57. The van der Waals surface area contributed by atoms with E-state index in [0.717, 1.165) is 28.7 Å². The first-order valence-electron chi connectivity index (χ1n) is 11.4. The molecule has 3 aromatic rings. The fraction of sp³-hybridized carbons (Fsp3) is 0.296. The molecular weight excluding hydrogens is 464 g/mol. The molecule has 1 amide bonds. The number of sulfonamides is 1. The molecule has 0 saturated carbocycles. The molecule has 0 aliphatic rings. The normalized spacial score (nSPS) is 11.1. The molecule has 1 N–H and O–H groups in total. The molecule has 0 spiro atoms. The molecule has 0 atom stereocenters. The monoisotopic (exact) mass is 496 g/mol. The van der Waals surface area contributed by atoms with Gasteiger partial charge in [-0.05, 0) is 73.9 Å². The minimum absolute atomic E-state index is 0.120. The van der Waals surface area contributed by atoms with E-state index in [2.05, 4.69) is 11.4 Å². The summed E-state index contributed by atoms with van der Waals surface area (Å²) in [5, 5.41) is 2.84. The molecule has 3 aromatic carbocycles. The lowest BCUT2D eigenvalue weighted by atomic mass is 10.1. The average Bonchev–Trinajstić information content (AvgIpc) is 2.80. The van der Waals surface area contributed by atoms with Crippen molar-refractivity contribution in [1.29, 1.82) is 0 Å². The third-order valence-electron chi connectivity index (χ3n) is 5.23. The highest BCUT2D eigenvalue weighted by Crippen LogP contribution is 2.31. The lowest BCUT2D eigenvalue weighted by Gasteiger charge is -2.24. The highest BCUT2D eigenvalue weighted by atomic mass is 32.2. The van der Waals surface area contributed by atoms with Gasteiger partial charge in [0.2, 0.25) is 10.0 Å². The fourth-order valence-corrected chi connectivity index (χ4v) is 4.59. The molecule has 3 rings (SSSR count). The van der Waals surface area contributed by atoms with Crippen LogP contribution in [0.5, 0.6) is 11.5 Å². The van der Waals surface area contributed by atoms with Crippen molar-refractivity contribution < 1.29 is 22.7 Å². The molecule has 0 aliphatic carbocycles. The zero-order valence-electron chi connectivity index (χ0n) is 20.6. The molecule has 35 heavy (non-hydrogen) atoms. The lowest BCUT2D eigenvalue weighted by Crippen LogP contribution is -2.30. The van der Waals surface area contributed by atoms with Crippen LogP contribution in [0.4, 0.5) is 5.69 Å². The molecule has 0 aromatic heterocycles. The van der Waals surface area contributed by atoms with E-state index < -0.39 is 10.0 Å². The summed E-state index contributed by atoms with van der Waals surface area (Å²) in [6.45, 7) is 7.14. The number of rotatable bonds is 11. The van der Waals surface area contributed by atoms with Crippen molar-refractivity contribution in [3.8, 4) is 11.5 Å². The van der Waals surface area contributed by atoms with E-state index in [4.69, 9.17) is 9.47 Å². The van der Waals surface area contributed by atoms with E-state index in [-0.39, 0.29) is 12.5 Å². The largest absolute Gasteiger partial charge is 0.492 e. The van der Waals surface area contributed by atoms with E-state index >= 15 is 0 Å². The third-order valence-corrected chi connectivity index (χ3v) is 6.35. The van der Waals surface area contributed by atoms with E-state index in [1.807, 2.05) is 32.9 Å². The number of nitrogens with zero attached hydrogens (tertiary/aromatic N) is 1. The van der Waals surface area contributed by atoms with Gasteiger partial charge in [-0.1, -0.05) is 30.3 Å². The number of hydrogen-bond acceptors (Lipinski definition) is 5. The summed E-state index contributed by atoms with van der Waals surface area (Å²) in [6, 6.07) is 19.9. The Morgan fingerprint density at radius 2 is 1.60 bits per heavy atom. The van der Waals surface area contributed by atoms with Gasteiger partial charge in [0.15, 0.2) is 0 Å². The standard InChI is InChI=1S/C27H32N2O5S/c1-5-33-26-9-7-6-8-25(26)29(35(4,31)32)19-22-10-12-23(13-11-22)27(30)28-14-15-34-24-17-20(2)16-21(3)18-24/h6-13,16-18H,5,14-15,19H2,1-4H3,(H,28,30). The van der Waals surface area contributed by atoms with Crippen LogP contribution >= 0.6 is 0 Å². The first-order chi connectivity index (χ1) is 16.7. The van der Waals surface area contributed by atoms with Gasteiger partial charge in [-0.3, -0.25) is 9.10 Å². The Kier molecular flexibility index (Phi) is 8.76. The van der Waals surface area contributed by atoms with Crippen molar-refractivity contribution in [3.63, 3.8) is 0 Å². The SMILES string of the molecule is CCOc1ccccc1N(Cc1ccc(C(=O)NCCOc2cc(C)cc(C)c2)cc1)S(C)(=O)=O. The number of amides is 1. The van der Waals surface area contributed by atoms with Gasteiger partial charge < -0.3 is 14.8 Å². The zero-order chi connectivity index (χ0) is 25.4. The summed E-state index contributed by atoms with van der Waals surface area (Å²) in [6.07, 6.45) is 1.16. The number of hydrogen-bond donors (Lipinski definition) is 1. The van der Waals surface area contributed by atoms with Gasteiger partial charge in [0.25, 0.3) is 5.91 Å². The van der Waals surface area contributed by atoms with Gasteiger partial charge in [0, 0.05) is 5.56 Å². The first-order valence-corrected chi connectivity index (χ1v) is 13.3. The molecule has 0 unspecified atom stereocenters. The molecule has 0 heterocycles. The van der Waals surface area contributed by atoms with Crippen molar-refractivity contribution in [2.75, 3.05) is 30.3 Å². The number of benzene rings is 3. The highest BCUT2D eigenvalue weighted by Gasteiger charge is 2.21. The van der Waals surface area contributed by atoms with Gasteiger partial charge in [0.05, 0.1) is 31.6 Å². The topological polar surface area (TPSA) is 84.9 Å². The van der Waals surface area contributed by atoms with Crippen molar-refractivity contribution in [3.05, 3.63) is 89.0 Å². The summed E-state index contributed by atoms with van der Waals surface area (Å²) in [4.78, 5) is 12.5.